The molecule has 3 heteroatoms. The zero-order chi connectivity index (χ0) is 12.2. The van der Waals surface area contributed by atoms with E-state index in [-0.39, 0.29) is 0 Å². The predicted octanol–water partition coefficient (Wildman–Crippen LogP) is 2.45. The molecule has 1 unspecified atom stereocenters. The van der Waals surface area contributed by atoms with Crippen LogP contribution in [0.25, 0.3) is 0 Å². The minimum absolute atomic E-state index is 0.578. The number of ether oxygens (including phenoxy) is 2. The van der Waals surface area contributed by atoms with Crippen LogP contribution >= 0.6 is 0 Å². The molecule has 0 amide bonds. The van der Waals surface area contributed by atoms with Crippen molar-refractivity contribution in [1.82, 2.24) is 5.32 Å². The van der Waals surface area contributed by atoms with Crippen LogP contribution in [0, 0.1) is 5.92 Å². The monoisotopic (exact) mass is 231 g/mol. The second kappa shape index (κ2) is 11.4. The van der Waals surface area contributed by atoms with Crippen LogP contribution in [0.4, 0.5) is 0 Å². The quantitative estimate of drug-likeness (QED) is 0.554. The zero-order valence-corrected chi connectivity index (χ0v) is 11.4. The molecule has 0 aliphatic heterocycles. The minimum atomic E-state index is 0.578. The summed E-state index contributed by atoms with van der Waals surface area (Å²) < 4.78 is 10.4. The van der Waals surface area contributed by atoms with E-state index < -0.39 is 0 Å². The maximum absolute atomic E-state index is 5.50. The van der Waals surface area contributed by atoms with Crippen molar-refractivity contribution in [2.45, 2.75) is 46.1 Å². The predicted molar refractivity (Wildman–Crippen MR) is 68.8 cm³/mol. The van der Waals surface area contributed by atoms with E-state index in [4.69, 9.17) is 9.47 Å². The first kappa shape index (κ1) is 15.9. The molecule has 1 N–H and O–H groups in total. The normalized spacial score (nSPS) is 13.3. The van der Waals surface area contributed by atoms with Crippen molar-refractivity contribution < 1.29 is 9.47 Å². The van der Waals surface area contributed by atoms with Crippen LogP contribution in [-0.2, 0) is 9.47 Å². The lowest BCUT2D eigenvalue weighted by Crippen LogP contribution is -2.29. The summed E-state index contributed by atoms with van der Waals surface area (Å²) >= 11 is 0. The van der Waals surface area contributed by atoms with Gasteiger partial charge in [0.1, 0.15) is 0 Å². The van der Waals surface area contributed by atoms with Crippen LogP contribution in [-0.4, -0.2) is 39.5 Å². The maximum atomic E-state index is 5.50. The van der Waals surface area contributed by atoms with Gasteiger partial charge < -0.3 is 14.8 Å². The number of nitrogens with one attached hydrogen (secondary N) is 1. The number of rotatable bonds is 11. The third kappa shape index (κ3) is 10.4. The third-order valence-electron chi connectivity index (χ3n) is 2.61. The average Bonchev–Trinajstić information content (AvgIpc) is 2.25. The van der Waals surface area contributed by atoms with Crippen molar-refractivity contribution in [3.63, 3.8) is 0 Å². The van der Waals surface area contributed by atoms with Gasteiger partial charge in [0.25, 0.3) is 0 Å². The summed E-state index contributed by atoms with van der Waals surface area (Å²) in [7, 11) is 1.70. The van der Waals surface area contributed by atoms with Gasteiger partial charge in [-0.1, -0.05) is 27.2 Å². The summed E-state index contributed by atoms with van der Waals surface area (Å²) in [6.07, 6.45) is 3.69. The van der Waals surface area contributed by atoms with Gasteiger partial charge in [-0.2, -0.15) is 0 Å². The van der Waals surface area contributed by atoms with E-state index in [9.17, 15) is 0 Å². The Balaban J connectivity index is 3.51. The van der Waals surface area contributed by atoms with E-state index in [2.05, 4.69) is 26.1 Å². The molecule has 0 aliphatic carbocycles. The Morgan fingerprint density at radius 1 is 1.06 bits per heavy atom. The fourth-order valence-corrected chi connectivity index (χ4v) is 1.65. The summed E-state index contributed by atoms with van der Waals surface area (Å²) in [5.74, 6) is 0.745. The Labute approximate surface area is 101 Å². The highest BCUT2D eigenvalue weighted by Crippen LogP contribution is 2.10. The number of hydrogen-bond acceptors (Lipinski definition) is 3. The van der Waals surface area contributed by atoms with Gasteiger partial charge in [0, 0.05) is 19.8 Å². The molecule has 0 aromatic carbocycles. The first-order valence-electron chi connectivity index (χ1n) is 6.50. The topological polar surface area (TPSA) is 30.5 Å². The Morgan fingerprint density at radius 2 is 1.81 bits per heavy atom. The molecule has 16 heavy (non-hydrogen) atoms. The highest BCUT2D eigenvalue weighted by Gasteiger charge is 2.08. The fourth-order valence-electron chi connectivity index (χ4n) is 1.65. The lowest BCUT2D eigenvalue weighted by molar-refractivity contribution is 0.0629. The molecule has 0 bridgehead atoms. The Hall–Kier alpha value is -0.120. The molecule has 0 heterocycles. The summed E-state index contributed by atoms with van der Waals surface area (Å²) in [6.45, 7) is 10.0. The maximum Gasteiger partial charge on any atom is 0.0700 e. The molecular weight excluding hydrogens is 202 g/mol. The number of methoxy groups -OCH3 is 1. The minimum Gasteiger partial charge on any atom is -0.382 e. The van der Waals surface area contributed by atoms with Gasteiger partial charge in [-0.3, -0.25) is 0 Å². The molecule has 0 aromatic heterocycles. The fraction of sp³-hybridized carbons (Fsp3) is 1.00. The van der Waals surface area contributed by atoms with E-state index >= 15 is 0 Å². The van der Waals surface area contributed by atoms with Gasteiger partial charge in [0.15, 0.2) is 0 Å². The lowest BCUT2D eigenvalue weighted by Gasteiger charge is -2.18. The summed E-state index contributed by atoms with van der Waals surface area (Å²) in [5, 5.41) is 3.50. The van der Waals surface area contributed by atoms with E-state index in [0.29, 0.717) is 19.3 Å². The number of hydrogen-bond donors (Lipinski definition) is 1. The zero-order valence-electron chi connectivity index (χ0n) is 11.4. The molecule has 0 aliphatic rings. The van der Waals surface area contributed by atoms with Gasteiger partial charge >= 0.3 is 0 Å². The highest BCUT2D eigenvalue weighted by molar-refractivity contribution is 4.64. The molecule has 0 saturated heterocycles. The first-order chi connectivity index (χ1) is 7.70. The van der Waals surface area contributed by atoms with E-state index in [1.807, 2.05) is 0 Å². The second-order valence-corrected chi connectivity index (χ2v) is 4.61. The first-order valence-corrected chi connectivity index (χ1v) is 6.50. The SMILES string of the molecule is CCCC(CCOCCOC)CNC(C)C. The summed E-state index contributed by atoms with van der Waals surface area (Å²) in [4.78, 5) is 0. The van der Waals surface area contributed by atoms with Crippen molar-refractivity contribution in [2.24, 2.45) is 5.92 Å². The van der Waals surface area contributed by atoms with Crippen molar-refractivity contribution in [3.8, 4) is 0 Å². The summed E-state index contributed by atoms with van der Waals surface area (Å²) in [6, 6.07) is 0.578. The van der Waals surface area contributed by atoms with Gasteiger partial charge in [-0.25, -0.2) is 0 Å². The van der Waals surface area contributed by atoms with Crippen LogP contribution in [0.3, 0.4) is 0 Å². The largest absolute Gasteiger partial charge is 0.382 e. The molecule has 1 atom stereocenters. The third-order valence-corrected chi connectivity index (χ3v) is 2.61. The standard InChI is InChI=1S/C13H29NO2/c1-5-6-13(11-14-12(2)3)7-8-16-10-9-15-4/h12-14H,5-11H2,1-4H3. The summed E-state index contributed by atoms with van der Waals surface area (Å²) in [5.41, 5.74) is 0. The van der Waals surface area contributed by atoms with Crippen molar-refractivity contribution >= 4 is 0 Å². The average molecular weight is 231 g/mol. The molecular formula is C13H29NO2. The highest BCUT2D eigenvalue weighted by atomic mass is 16.5. The van der Waals surface area contributed by atoms with Crippen molar-refractivity contribution in [2.75, 3.05) is 33.5 Å². The Morgan fingerprint density at radius 3 is 2.38 bits per heavy atom. The van der Waals surface area contributed by atoms with Crippen LogP contribution in [0.2, 0.25) is 0 Å². The molecule has 0 rings (SSSR count). The van der Waals surface area contributed by atoms with Gasteiger partial charge in [-0.05, 0) is 25.3 Å². The molecule has 0 spiro atoms. The molecule has 0 saturated carbocycles. The van der Waals surface area contributed by atoms with E-state index in [1.165, 1.54) is 12.8 Å². The van der Waals surface area contributed by atoms with Crippen molar-refractivity contribution in [3.05, 3.63) is 0 Å². The Bertz CT molecular complexity index is 140. The van der Waals surface area contributed by atoms with Gasteiger partial charge in [-0.15, -0.1) is 0 Å². The van der Waals surface area contributed by atoms with Crippen molar-refractivity contribution in [1.29, 1.82) is 0 Å². The van der Waals surface area contributed by atoms with E-state index in [1.54, 1.807) is 7.11 Å². The van der Waals surface area contributed by atoms with Crippen LogP contribution in [0.5, 0.6) is 0 Å². The van der Waals surface area contributed by atoms with E-state index in [0.717, 1.165) is 25.5 Å². The molecule has 0 fully saturated rings. The molecule has 0 radical (unpaired) electrons. The smallest absolute Gasteiger partial charge is 0.0700 e. The lowest BCUT2D eigenvalue weighted by atomic mass is 10.00. The van der Waals surface area contributed by atoms with Crippen LogP contribution < -0.4 is 5.32 Å². The Kier molecular flexibility index (Phi) is 11.3. The van der Waals surface area contributed by atoms with Gasteiger partial charge in [0.05, 0.1) is 13.2 Å². The molecule has 0 aromatic rings. The van der Waals surface area contributed by atoms with Crippen LogP contribution in [0.1, 0.15) is 40.0 Å². The molecule has 3 nitrogen and oxygen atoms in total. The van der Waals surface area contributed by atoms with Crippen LogP contribution in [0.15, 0.2) is 0 Å². The molecule has 98 valence electrons. The van der Waals surface area contributed by atoms with Gasteiger partial charge in [0.2, 0.25) is 0 Å². The second-order valence-electron chi connectivity index (χ2n) is 4.61.